The largest absolute Gasteiger partial charge is 0.399 e. The highest BCUT2D eigenvalue weighted by molar-refractivity contribution is 7.90. The van der Waals surface area contributed by atoms with Crippen molar-refractivity contribution >= 4 is 22.4 Å². The Morgan fingerprint density at radius 1 is 1.35 bits per heavy atom. The van der Waals surface area contributed by atoms with E-state index in [4.69, 9.17) is 11.0 Å². The van der Waals surface area contributed by atoms with E-state index in [0.717, 1.165) is 5.57 Å². The molecule has 1 aromatic carbocycles. The van der Waals surface area contributed by atoms with Crippen molar-refractivity contribution in [2.24, 2.45) is 0 Å². The summed E-state index contributed by atoms with van der Waals surface area (Å²) in [6, 6.07) is 6.91. The Bertz CT molecular complexity index is 484. The molecule has 0 aromatic heterocycles. The summed E-state index contributed by atoms with van der Waals surface area (Å²) < 4.78 is 13.6. The number of nitrogens with zero attached hydrogens (tertiary/aromatic N) is 1. The predicted molar refractivity (Wildman–Crippen MR) is 67.4 cm³/mol. The van der Waals surface area contributed by atoms with Gasteiger partial charge in [0.15, 0.2) is 17.2 Å². The van der Waals surface area contributed by atoms with Gasteiger partial charge in [-0.05, 0) is 43.7 Å². The second kappa shape index (κ2) is 4.48. The summed E-state index contributed by atoms with van der Waals surface area (Å²) in [6.07, 6.45) is -0.709. The molecule has 17 heavy (non-hydrogen) atoms. The van der Waals surface area contributed by atoms with Crippen LogP contribution in [0.3, 0.4) is 0 Å². The molecule has 1 aliphatic rings. The zero-order valence-electron chi connectivity index (χ0n) is 9.58. The van der Waals surface area contributed by atoms with E-state index in [2.05, 4.69) is 4.89 Å². The van der Waals surface area contributed by atoms with Crippen molar-refractivity contribution in [2.45, 2.75) is 20.1 Å². The van der Waals surface area contributed by atoms with Gasteiger partial charge in [0.2, 0.25) is 0 Å². The summed E-state index contributed by atoms with van der Waals surface area (Å²) in [6.45, 7) is 3.54. The lowest BCUT2D eigenvalue weighted by atomic mass is 10.2. The highest BCUT2D eigenvalue weighted by Gasteiger charge is 2.36. The lowest BCUT2D eigenvalue weighted by Crippen LogP contribution is -2.33. The molecule has 2 atom stereocenters. The van der Waals surface area contributed by atoms with Crippen LogP contribution in [0.1, 0.15) is 13.8 Å². The van der Waals surface area contributed by atoms with Crippen molar-refractivity contribution in [3.8, 4) is 0 Å². The average molecular weight is 254 g/mol. The van der Waals surface area contributed by atoms with E-state index < -0.39 is 17.2 Å². The Morgan fingerprint density at radius 2 is 1.94 bits per heavy atom. The van der Waals surface area contributed by atoms with Crippen LogP contribution in [0.4, 0.5) is 11.4 Å². The third-order valence-corrected chi connectivity index (χ3v) is 4.43. The Hall–Kier alpha value is -1.37. The number of nitrogen functional groups attached to an aromatic ring is 1. The van der Waals surface area contributed by atoms with Gasteiger partial charge < -0.3 is 5.73 Å². The minimum absolute atomic E-state index is 0.626. The molecule has 0 radical (unpaired) electrons. The van der Waals surface area contributed by atoms with E-state index in [-0.39, 0.29) is 0 Å². The molecule has 0 bridgehead atoms. The van der Waals surface area contributed by atoms with Crippen LogP contribution in [-0.4, -0.2) is 15.7 Å². The van der Waals surface area contributed by atoms with Gasteiger partial charge in [0.25, 0.3) is 0 Å². The molecule has 3 N–H and O–H groups in total. The molecule has 2 rings (SSSR count). The molecular formula is C11H14N2O3S. The van der Waals surface area contributed by atoms with E-state index in [9.17, 15) is 4.21 Å². The summed E-state index contributed by atoms with van der Waals surface area (Å²) in [5.41, 5.74) is 7.66. The van der Waals surface area contributed by atoms with Crippen molar-refractivity contribution in [3.63, 3.8) is 0 Å². The quantitative estimate of drug-likeness (QED) is 0.480. The Labute approximate surface area is 102 Å². The first-order chi connectivity index (χ1) is 8.06. The fourth-order valence-electron chi connectivity index (χ4n) is 1.70. The van der Waals surface area contributed by atoms with Gasteiger partial charge in [0.1, 0.15) is 0 Å². The SMILES string of the molecule is CC1=C(C)S(=O)N(c2ccc(N)cc2)[C@H]1OO. The van der Waals surface area contributed by atoms with Crippen LogP contribution < -0.4 is 10.0 Å². The lowest BCUT2D eigenvalue weighted by Gasteiger charge is -2.23. The molecule has 0 saturated heterocycles. The third-order valence-electron chi connectivity index (χ3n) is 2.83. The van der Waals surface area contributed by atoms with Crippen LogP contribution in [0.25, 0.3) is 0 Å². The highest BCUT2D eigenvalue weighted by atomic mass is 32.2. The Balaban J connectivity index is 2.40. The molecule has 1 aliphatic heterocycles. The summed E-state index contributed by atoms with van der Waals surface area (Å²) in [7, 11) is -1.34. The lowest BCUT2D eigenvalue weighted by molar-refractivity contribution is -0.264. The van der Waals surface area contributed by atoms with E-state index in [1.54, 1.807) is 38.1 Å². The van der Waals surface area contributed by atoms with Crippen molar-refractivity contribution < 1.29 is 14.4 Å². The van der Waals surface area contributed by atoms with Crippen molar-refractivity contribution in [1.29, 1.82) is 0 Å². The van der Waals surface area contributed by atoms with E-state index in [0.29, 0.717) is 16.3 Å². The number of rotatable bonds is 2. The second-order valence-corrected chi connectivity index (χ2v) is 5.37. The van der Waals surface area contributed by atoms with Gasteiger partial charge in [0.05, 0.1) is 5.69 Å². The van der Waals surface area contributed by atoms with Gasteiger partial charge in [-0.1, -0.05) is 0 Å². The molecule has 5 nitrogen and oxygen atoms in total. The van der Waals surface area contributed by atoms with E-state index in [1.165, 1.54) is 4.31 Å². The number of hydrogen-bond acceptors (Lipinski definition) is 4. The normalized spacial score (nSPS) is 24.5. The highest BCUT2D eigenvalue weighted by Crippen LogP contribution is 2.34. The first-order valence-electron chi connectivity index (χ1n) is 5.10. The number of hydrogen-bond donors (Lipinski definition) is 2. The van der Waals surface area contributed by atoms with Gasteiger partial charge >= 0.3 is 0 Å². The molecule has 92 valence electrons. The maximum Gasteiger partial charge on any atom is 0.199 e. The van der Waals surface area contributed by atoms with Crippen molar-refractivity contribution in [2.75, 3.05) is 10.0 Å². The standard InChI is InChI=1S/C11H14N2O3S/c1-7-8(2)17(15)13(11(7)16-14)10-5-3-9(12)4-6-10/h3-6,11,14H,12H2,1-2H3/t11-,17?/m0/s1. The van der Waals surface area contributed by atoms with Crippen LogP contribution in [0.15, 0.2) is 34.7 Å². The van der Waals surface area contributed by atoms with Crippen molar-refractivity contribution in [3.05, 3.63) is 34.7 Å². The number of anilines is 2. The molecule has 0 amide bonds. The van der Waals surface area contributed by atoms with E-state index >= 15 is 0 Å². The maximum atomic E-state index is 12.1. The first kappa shape index (κ1) is 12.1. The molecule has 0 spiro atoms. The Kier molecular flexibility index (Phi) is 3.19. The average Bonchev–Trinajstić information content (AvgIpc) is 2.54. The van der Waals surface area contributed by atoms with Gasteiger partial charge in [0, 0.05) is 10.6 Å². The fraction of sp³-hybridized carbons (Fsp3) is 0.273. The molecule has 0 fully saturated rings. The predicted octanol–water partition coefficient (Wildman–Crippen LogP) is 1.86. The van der Waals surface area contributed by atoms with Gasteiger partial charge in [-0.2, -0.15) is 0 Å². The summed E-state index contributed by atoms with van der Waals surface area (Å²) in [5, 5.41) is 8.92. The van der Waals surface area contributed by atoms with Crippen LogP contribution in [0, 0.1) is 0 Å². The molecule has 1 unspecified atom stereocenters. The topological polar surface area (TPSA) is 75.8 Å². The molecular weight excluding hydrogens is 240 g/mol. The molecule has 0 aliphatic carbocycles. The molecule has 1 aromatic rings. The molecule has 6 heteroatoms. The van der Waals surface area contributed by atoms with Crippen molar-refractivity contribution in [1.82, 2.24) is 0 Å². The minimum Gasteiger partial charge on any atom is -0.399 e. The Morgan fingerprint density at radius 3 is 2.47 bits per heavy atom. The summed E-state index contributed by atoms with van der Waals surface area (Å²) in [4.78, 5) is 5.10. The smallest absolute Gasteiger partial charge is 0.199 e. The first-order valence-corrected chi connectivity index (χ1v) is 6.21. The van der Waals surface area contributed by atoms with E-state index in [1.807, 2.05) is 0 Å². The summed E-state index contributed by atoms with van der Waals surface area (Å²) >= 11 is 0. The third kappa shape index (κ3) is 1.95. The van der Waals surface area contributed by atoms with Crippen LogP contribution >= 0.6 is 0 Å². The monoisotopic (exact) mass is 254 g/mol. The zero-order valence-corrected chi connectivity index (χ0v) is 10.4. The minimum atomic E-state index is -1.34. The maximum absolute atomic E-state index is 12.1. The zero-order chi connectivity index (χ0) is 12.6. The summed E-state index contributed by atoms with van der Waals surface area (Å²) in [5.74, 6) is 0. The fourth-order valence-corrected chi connectivity index (χ4v) is 3.05. The van der Waals surface area contributed by atoms with Gasteiger partial charge in [-0.25, -0.2) is 14.4 Å². The number of allylic oxidation sites excluding steroid dienone is 1. The number of benzene rings is 1. The van der Waals surface area contributed by atoms with Crippen LogP contribution in [0.2, 0.25) is 0 Å². The van der Waals surface area contributed by atoms with Gasteiger partial charge in [-0.15, -0.1) is 0 Å². The molecule has 1 heterocycles. The van der Waals surface area contributed by atoms with Crippen LogP contribution in [0.5, 0.6) is 0 Å². The second-order valence-electron chi connectivity index (χ2n) is 3.86. The molecule has 0 saturated carbocycles. The van der Waals surface area contributed by atoms with Crippen LogP contribution in [-0.2, 0) is 15.9 Å². The number of nitrogens with two attached hydrogens (primary N) is 1. The van der Waals surface area contributed by atoms with Gasteiger partial charge in [-0.3, -0.25) is 4.31 Å².